The topological polar surface area (TPSA) is 89.0 Å². The number of hydrogen-bond donors (Lipinski definition) is 2. The average molecular weight is 403 g/mol. The number of methoxy groups -OCH3 is 2. The first-order valence-corrected chi connectivity index (χ1v) is 9.12. The zero-order valence-corrected chi connectivity index (χ0v) is 16.6. The van der Waals surface area contributed by atoms with Crippen LogP contribution in [-0.2, 0) is 0 Å². The van der Waals surface area contributed by atoms with Crippen molar-refractivity contribution >= 4 is 23.7 Å². The van der Waals surface area contributed by atoms with E-state index in [-0.39, 0.29) is 5.91 Å². The summed E-state index contributed by atoms with van der Waals surface area (Å²) in [5.74, 6) is 0.615. The SMILES string of the molecule is COc1ccc(/C=N/NC(=O)c2ccccc2NC(=O)c2ccc(OC)cc2)cc1. The lowest BCUT2D eigenvalue weighted by Crippen LogP contribution is -2.21. The Hall–Kier alpha value is -4.13. The van der Waals surface area contributed by atoms with Crippen molar-refractivity contribution in [3.63, 3.8) is 0 Å². The highest BCUT2D eigenvalue weighted by Gasteiger charge is 2.13. The van der Waals surface area contributed by atoms with E-state index < -0.39 is 5.91 Å². The number of nitrogens with one attached hydrogen (secondary N) is 2. The quantitative estimate of drug-likeness (QED) is 0.465. The molecule has 0 aliphatic rings. The van der Waals surface area contributed by atoms with Gasteiger partial charge in [-0.3, -0.25) is 9.59 Å². The maximum atomic E-state index is 12.5. The number of hydrazone groups is 1. The van der Waals surface area contributed by atoms with Gasteiger partial charge in [0.25, 0.3) is 11.8 Å². The van der Waals surface area contributed by atoms with E-state index in [0.29, 0.717) is 22.6 Å². The molecule has 0 bridgehead atoms. The van der Waals surface area contributed by atoms with Crippen LogP contribution in [0.15, 0.2) is 77.9 Å². The van der Waals surface area contributed by atoms with Gasteiger partial charge in [0.15, 0.2) is 0 Å². The van der Waals surface area contributed by atoms with Crippen molar-refractivity contribution in [3.8, 4) is 11.5 Å². The van der Waals surface area contributed by atoms with Crippen molar-refractivity contribution in [3.05, 3.63) is 89.5 Å². The van der Waals surface area contributed by atoms with Crippen LogP contribution in [0.1, 0.15) is 26.3 Å². The molecule has 0 aromatic heterocycles. The minimum atomic E-state index is -0.439. The van der Waals surface area contributed by atoms with Gasteiger partial charge in [0.1, 0.15) is 11.5 Å². The van der Waals surface area contributed by atoms with E-state index in [2.05, 4.69) is 15.8 Å². The summed E-state index contributed by atoms with van der Waals surface area (Å²) in [5.41, 5.74) is 4.41. The summed E-state index contributed by atoms with van der Waals surface area (Å²) in [6.45, 7) is 0. The van der Waals surface area contributed by atoms with Gasteiger partial charge in [0, 0.05) is 5.56 Å². The molecule has 0 aliphatic carbocycles. The van der Waals surface area contributed by atoms with Crippen LogP contribution in [0.2, 0.25) is 0 Å². The van der Waals surface area contributed by atoms with Crippen molar-refractivity contribution in [1.82, 2.24) is 5.43 Å². The van der Waals surface area contributed by atoms with Crippen LogP contribution < -0.4 is 20.2 Å². The Labute approximate surface area is 174 Å². The van der Waals surface area contributed by atoms with Gasteiger partial charge in [-0.1, -0.05) is 12.1 Å². The first-order valence-electron chi connectivity index (χ1n) is 9.12. The molecule has 0 spiro atoms. The molecule has 0 saturated heterocycles. The van der Waals surface area contributed by atoms with Gasteiger partial charge in [0.2, 0.25) is 0 Å². The number of benzene rings is 3. The highest BCUT2D eigenvalue weighted by molar-refractivity contribution is 6.09. The summed E-state index contributed by atoms with van der Waals surface area (Å²) < 4.78 is 10.2. The maximum absolute atomic E-state index is 12.5. The molecule has 3 rings (SSSR count). The number of carbonyl (C=O) groups is 2. The number of hydrogen-bond acceptors (Lipinski definition) is 5. The van der Waals surface area contributed by atoms with E-state index in [9.17, 15) is 9.59 Å². The third kappa shape index (κ3) is 5.23. The van der Waals surface area contributed by atoms with Crippen molar-refractivity contribution in [2.24, 2.45) is 5.10 Å². The highest BCUT2D eigenvalue weighted by atomic mass is 16.5. The number of carbonyl (C=O) groups excluding carboxylic acids is 2. The lowest BCUT2D eigenvalue weighted by atomic mass is 10.1. The predicted molar refractivity (Wildman–Crippen MR) is 115 cm³/mol. The van der Waals surface area contributed by atoms with Crippen LogP contribution in [0, 0.1) is 0 Å². The molecular formula is C23H21N3O4. The number of nitrogens with zero attached hydrogens (tertiary/aromatic N) is 1. The van der Waals surface area contributed by atoms with Crippen LogP contribution in [0.25, 0.3) is 0 Å². The van der Waals surface area contributed by atoms with Crippen LogP contribution in [-0.4, -0.2) is 32.2 Å². The van der Waals surface area contributed by atoms with Gasteiger partial charge in [0.05, 0.1) is 31.7 Å². The molecular weight excluding hydrogens is 382 g/mol. The predicted octanol–water partition coefficient (Wildman–Crippen LogP) is 3.72. The fraction of sp³-hybridized carbons (Fsp3) is 0.0870. The molecule has 0 heterocycles. The minimum Gasteiger partial charge on any atom is -0.497 e. The Morgan fingerprint density at radius 1 is 0.800 bits per heavy atom. The first-order chi connectivity index (χ1) is 14.6. The monoisotopic (exact) mass is 403 g/mol. The zero-order chi connectivity index (χ0) is 21.3. The fourth-order valence-corrected chi connectivity index (χ4v) is 2.64. The Balaban J connectivity index is 1.67. The lowest BCUT2D eigenvalue weighted by molar-refractivity contribution is 0.0956. The Bertz CT molecular complexity index is 1040. The van der Waals surface area contributed by atoms with Crippen molar-refractivity contribution < 1.29 is 19.1 Å². The van der Waals surface area contributed by atoms with Crippen molar-refractivity contribution in [1.29, 1.82) is 0 Å². The van der Waals surface area contributed by atoms with Crippen LogP contribution >= 0.6 is 0 Å². The van der Waals surface area contributed by atoms with E-state index in [1.165, 1.54) is 6.21 Å². The number of rotatable bonds is 7. The highest BCUT2D eigenvalue weighted by Crippen LogP contribution is 2.18. The van der Waals surface area contributed by atoms with Gasteiger partial charge in [-0.25, -0.2) is 5.43 Å². The molecule has 3 aromatic rings. The van der Waals surface area contributed by atoms with E-state index >= 15 is 0 Å². The molecule has 2 N–H and O–H groups in total. The van der Waals surface area contributed by atoms with Gasteiger partial charge in [-0.05, 0) is 66.2 Å². The normalized spacial score (nSPS) is 10.5. The van der Waals surface area contributed by atoms with Crippen LogP contribution in [0.5, 0.6) is 11.5 Å². The third-order valence-electron chi connectivity index (χ3n) is 4.27. The summed E-state index contributed by atoms with van der Waals surface area (Å²) in [6.07, 6.45) is 1.52. The lowest BCUT2D eigenvalue weighted by Gasteiger charge is -2.10. The molecule has 0 unspecified atom stereocenters. The standard InChI is InChI=1S/C23H21N3O4/c1-29-18-11-7-16(8-12-18)15-24-26-23(28)20-5-3-4-6-21(20)25-22(27)17-9-13-19(30-2)14-10-17/h3-15H,1-2H3,(H,25,27)(H,26,28)/b24-15+. The molecule has 2 amide bonds. The molecule has 0 radical (unpaired) electrons. The zero-order valence-electron chi connectivity index (χ0n) is 16.6. The third-order valence-corrected chi connectivity index (χ3v) is 4.27. The number of ether oxygens (including phenoxy) is 2. The van der Waals surface area contributed by atoms with Gasteiger partial charge in [-0.15, -0.1) is 0 Å². The molecule has 0 atom stereocenters. The smallest absolute Gasteiger partial charge is 0.273 e. The Morgan fingerprint density at radius 3 is 2.03 bits per heavy atom. The number of amides is 2. The second-order valence-corrected chi connectivity index (χ2v) is 6.20. The second-order valence-electron chi connectivity index (χ2n) is 6.20. The summed E-state index contributed by atoms with van der Waals surface area (Å²) in [4.78, 5) is 25.1. The van der Waals surface area contributed by atoms with Crippen LogP contribution in [0.3, 0.4) is 0 Å². The molecule has 7 nitrogen and oxygen atoms in total. The molecule has 30 heavy (non-hydrogen) atoms. The average Bonchev–Trinajstić information content (AvgIpc) is 2.79. The first kappa shape index (κ1) is 20.6. The summed E-state index contributed by atoms with van der Waals surface area (Å²) in [7, 11) is 3.15. The van der Waals surface area contributed by atoms with E-state index in [1.54, 1.807) is 74.9 Å². The second kappa shape index (κ2) is 9.88. The molecule has 0 saturated carbocycles. The van der Waals surface area contributed by atoms with Crippen LogP contribution in [0.4, 0.5) is 5.69 Å². The largest absolute Gasteiger partial charge is 0.497 e. The van der Waals surface area contributed by atoms with Gasteiger partial charge >= 0.3 is 0 Å². The van der Waals surface area contributed by atoms with E-state index in [1.807, 2.05) is 12.1 Å². The van der Waals surface area contributed by atoms with Crippen molar-refractivity contribution in [2.75, 3.05) is 19.5 Å². The summed E-state index contributed by atoms with van der Waals surface area (Å²) >= 11 is 0. The number of anilines is 1. The molecule has 0 aliphatic heterocycles. The number of para-hydroxylation sites is 1. The molecule has 0 fully saturated rings. The fourth-order valence-electron chi connectivity index (χ4n) is 2.64. The van der Waals surface area contributed by atoms with E-state index in [4.69, 9.17) is 9.47 Å². The maximum Gasteiger partial charge on any atom is 0.273 e. The van der Waals surface area contributed by atoms with Gasteiger partial charge < -0.3 is 14.8 Å². The molecule has 3 aromatic carbocycles. The van der Waals surface area contributed by atoms with E-state index in [0.717, 1.165) is 11.3 Å². The molecule has 152 valence electrons. The summed E-state index contributed by atoms with van der Waals surface area (Å²) in [5, 5.41) is 6.74. The molecule has 7 heteroatoms. The summed E-state index contributed by atoms with van der Waals surface area (Å²) in [6, 6.07) is 20.6. The minimum absolute atomic E-state index is 0.297. The Morgan fingerprint density at radius 2 is 1.40 bits per heavy atom. The van der Waals surface area contributed by atoms with Crippen molar-refractivity contribution in [2.45, 2.75) is 0 Å². The Kier molecular flexibility index (Phi) is 6.78. The van der Waals surface area contributed by atoms with Gasteiger partial charge in [-0.2, -0.15) is 5.10 Å².